The first-order chi connectivity index (χ1) is 14.3. The van der Waals surface area contributed by atoms with Crippen LogP contribution in [0, 0.1) is 0 Å². The van der Waals surface area contributed by atoms with Crippen LogP contribution in [0.3, 0.4) is 0 Å². The van der Waals surface area contributed by atoms with E-state index in [0.717, 1.165) is 0 Å². The van der Waals surface area contributed by atoms with E-state index < -0.39 is 19.5 Å². The van der Waals surface area contributed by atoms with Crippen molar-refractivity contribution in [3.63, 3.8) is 0 Å². The molecule has 0 aromatic heterocycles. The van der Waals surface area contributed by atoms with Gasteiger partial charge in [0.1, 0.15) is 0 Å². The van der Waals surface area contributed by atoms with Crippen LogP contribution in [0.1, 0.15) is 75.3 Å². The Morgan fingerprint density at radius 1 is 0.552 bits per heavy atom. The first-order valence-corrected chi connectivity index (χ1v) is 14.5. The molecular weight excluding hydrogens is 384 g/mol. The van der Waals surface area contributed by atoms with Crippen molar-refractivity contribution in [3.8, 4) is 0 Å². The van der Waals surface area contributed by atoms with Crippen molar-refractivity contribution in [2.75, 3.05) is 0 Å². The highest BCUT2D eigenvalue weighted by Crippen LogP contribution is 2.48. The zero-order chi connectivity index (χ0) is 19.8. The minimum atomic E-state index is -0.495. The van der Waals surface area contributed by atoms with Crippen LogP contribution in [0.15, 0.2) is 60.7 Å². The molecule has 2 aromatic rings. The van der Waals surface area contributed by atoms with Crippen molar-refractivity contribution in [1.82, 2.24) is 0 Å². The lowest BCUT2D eigenvalue weighted by molar-refractivity contribution is 0.328. The monoisotopic (exact) mass is 422 g/mol. The minimum absolute atomic E-state index is 0.495. The molecule has 2 fully saturated rings. The lowest BCUT2D eigenvalue weighted by Gasteiger charge is -2.41. The lowest BCUT2D eigenvalue weighted by Crippen LogP contribution is -2.34. The summed E-state index contributed by atoms with van der Waals surface area (Å²) in [5.41, 5.74) is 3.06. The van der Waals surface area contributed by atoms with Crippen LogP contribution in [0.2, 0.25) is 10.1 Å². The van der Waals surface area contributed by atoms with E-state index in [-0.39, 0.29) is 0 Å². The molecule has 0 unspecified atom stereocenters. The molecule has 2 aromatic carbocycles. The van der Waals surface area contributed by atoms with Crippen LogP contribution in [0.4, 0.5) is 0 Å². The Labute approximate surface area is 182 Å². The molecule has 2 aliphatic rings. The van der Waals surface area contributed by atoms with Gasteiger partial charge in [0.2, 0.25) is 0 Å². The first kappa shape index (κ1) is 21.1. The summed E-state index contributed by atoms with van der Waals surface area (Å²) in [6, 6.07) is 22.5. The molecule has 0 bridgehead atoms. The maximum atomic E-state index is 6.94. The molecule has 2 saturated carbocycles. The average molecular weight is 423 g/mol. The number of hydrogen-bond donors (Lipinski definition) is 0. The van der Waals surface area contributed by atoms with Gasteiger partial charge in [0.25, 0.3) is 0 Å². The molecule has 3 heteroatoms. The van der Waals surface area contributed by atoms with Crippen molar-refractivity contribution < 1.29 is 4.12 Å². The zero-order valence-electron chi connectivity index (χ0n) is 18.1. The van der Waals surface area contributed by atoms with Crippen molar-refractivity contribution in [3.05, 3.63) is 71.8 Å². The standard InChI is InChI=1S/C26H38OSi2/c1-5-13-23(14-6-1)21-25(17-9-3-10-18-25)28-27-29-26(19-11-4-12-20-26)22-24-15-7-2-8-16-24/h1-2,5-8,13-16H,3-4,9-12,17-22,28-29H2. The summed E-state index contributed by atoms with van der Waals surface area (Å²) >= 11 is 0. The van der Waals surface area contributed by atoms with Gasteiger partial charge in [-0.2, -0.15) is 0 Å². The van der Waals surface area contributed by atoms with Crippen molar-refractivity contribution in [2.24, 2.45) is 0 Å². The Morgan fingerprint density at radius 3 is 1.31 bits per heavy atom. The van der Waals surface area contributed by atoms with Crippen LogP contribution in [0.25, 0.3) is 0 Å². The second-order valence-corrected chi connectivity index (χ2v) is 15.1. The Balaban J connectivity index is 1.41. The van der Waals surface area contributed by atoms with Gasteiger partial charge in [-0.1, -0.05) is 99.2 Å². The van der Waals surface area contributed by atoms with E-state index in [4.69, 9.17) is 4.12 Å². The number of rotatable bonds is 8. The van der Waals surface area contributed by atoms with E-state index in [1.165, 1.54) is 88.2 Å². The van der Waals surface area contributed by atoms with E-state index in [1.807, 2.05) is 0 Å². The quantitative estimate of drug-likeness (QED) is 0.481. The van der Waals surface area contributed by atoms with E-state index in [2.05, 4.69) is 60.7 Å². The zero-order valence-corrected chi connectivity index (χ0v) is 20.9. The lowest BCUT2D eigenvalue weighted by atomic mass is 9.83. The molecule has 1 nitrogen and oxygen atoms in total. The van der Waals surface area contributed by atoms with Gasteiger partial charge in [0, 0.05) is 0 Å². The highest BCUT2D eigenvalue weighted by Gasteiger charge is 2.37. The summed E-state index contributed by atoms with van der Waals surface area (Å²) in [7, 11) is -0.989. The largest absolute Gasteiger partial charge is 0.464 e. The maximum absolute atomic E-state index is 6.94. The average Bonchev–Trinajstić information content (AvgIpc) is 2.76. The summed E-state index contributed by atoms with van der Waals surface area (Å²) in [6.07, 6.45) is 16.7. The van der Waals surface area contributed by atoms with Gasteiger partial charge in [-0.05, 0) is 59.7 Å². The maximum Gasteiger partial charge on any atom is 0.152 e. The van der Waals surface area contributed by atoms with Crippen molar-refractivity contribution >= 4 is 19.5 Å². The third-order valence-electron chi connectivity index (χ3n) is 7.49. The molecule has 0 saturated heterocycles. The van der Waals surface area contributed by atoms with Gasteiger partial charge in [-0.25, -0.2) is 0 Å². The summed E-state index contributed by atoms with van der Waals surface area (Å²) in [5, 5.41) is 1.05. The van der Waals surface area contributed by atoms with Crippen molar-refractivity contribution in [1.29, 1.82) is 0 Å². The van der Waals surface area contributed by atoms with Crippen LogP contribution >= 0.6 is 0 Å². The van der Waals surface area contributed by atoms with Gasteiger partial charge in [-0.15, -0.1) is 0 Å². The first-order valence-electron chi connectivity index (χ1n) is 11.9. The second kappa shape index (κ2) is 10.2. The molecule has 0 N–H and O–H groups in total. The van der Waals surface area contributed by atoms with Crippen LogP contribution < -0.4 is 0 Å². The number of benzene rings is 2. The molecule has 0 radical (unpaired) electrons. The van der Waals surface area contributed by atoms with E-state index in [0.29, 0.717) is 10.1 Å². The summed E-state index contributed by atoms with van der Waals surface area (Å²) < 4.78 is 6.94. The summed E-state index contributed by atoms with van der Waals surface area (Å²) in [4.78, 5) is 0. The van der Waals surface area contributed by atoms with Gasteiger partial charge >= 0.3 is 0 Å². The highest BCUT2D eigenvalue weighted by atomic mass is 28.3. The summed E-state index contributed by atoms with van der Waals surface area (Å²) in [5.74, 6) is 0. The van der Waals surface area contributed by atoms with Gasteiger partial charge in [0.05, 0.1) is 0 Å². The topological polar surface area (TPSA) is 9.23 Å². The predicted molar refractivity (Wildman–Crippen MR) is 130 cm³/mol. The molecule has 0 spiro atoms. The molecule has 156 valence electrons. The van der Waals surface area contributed by atoms with Gasteiger partial charge < -0.3 is 4.12 Å². The smallest absolute Gasteiger partial charge is 0.152 e. The molecule has 4 rings (SSSR count). The third kappa shape index (κ3) is 5.93. The fourth-order valence-corrected chi connectivity index (χ4v) is 12.1. The van der Waals surface area contributed by atoms with E-state index in [9.17, 15) is 0 Å². The Kier molecular flexibility index (Phi) is 7.44. The highest BCUT2D eigenvalue weighted by molar-refractivity contribution is 6.47. The van der Waals surface area contributed by atoms with Crippen LogP contribution in [0.5, 0.6) is 0 Å². The molecular formula is C26H38OSi2. The SMILES string of the molecule is c1ccc(CC2([SiH2]O[SiH2]C3(Cc4ccccc4)CCCCC3)CCCCC2)cc1. The molecule has 0 heterocycles. The predicted octanol–water partition coefficient (Wildman–Crippen LogP) is 5.90. The molecule has 29 heavy (non-hydrogen) atoms. The van der Waals surface area contributed by atoms with Crippen LogP contribution in [-0.4, -0.2) is 19.5 Å². The van der Waals surface area contributed by atoms with E-state index in [1.54, 1.807) is 0 Å². The Morgan fingerprint density at radius 2 is 0.931 bits per heavy atom. The number of hydrogen-bond acceptors (Lipinski definition) is 1. The van der Waals surface area contributed by atoms with Crippen molar-refractivity contribution in [2.45, 2.75) is 87.1 Å². The normalized spacial score (nSPS) is 21.8. The Hall–Kier alpha value is -1.17. The summed E-state index contributed by atoms with van der Waals surface area (Å²) in [6.45, 7) is 0. The molecule has 0 atom stereocenters. The third-order valence-corrected chi connectivity index (χ3v) is 12.3. The molecule has 0 aliphatic heterocycles. The van der Waals surface area contributed by atoms with E-state index >= 15 is 0 Å². The molecule has 2 aliphatic carbocycles. The fourth-order valence-electron chi connectivity index (χ4n) is 5.89. The minimum Gasteiger partial charge on any atom is -0.464 e. The Bertz CT molecular complexity index is 655. The molecule has 0 amide bonds. The van der Waals surface area contributed by atoms with Gasteiger partial charge in [-0.3, -0.25) is 0 Å². The fraction of sp³-hybridized carbons (Fsp3) is 0.538. The second-order valence-electron chi connectivity index (χ2n) is 9.94. The van der Waals surface area contributed by atoms with Crippen LogP contribution in [-0.2, 0) is 17.0 Å². The van der Waals surface area contributed by atoms with Gasteiger partial charge in [0.15, 0.2) is 19.5 Å².